The van der Waals surface area contributed by atoms with E-state index in [0.717, 1.165) is 4.90 Å². The van der Waals surface area contributed by atoms with Crippen LogP contribution in [0.1, 0.15) is 65.2 Å². The van der Waals surface area contributed by atoms with Crippen molar-refractivity contribution >= 4 is 46.9 Å². The van der Waals surface area contributed by atoms with Gasteiger partial charge in [0, 0.05) is 11.4 Å². The van der Waals surface area contributed by atoms with Crippen LogP contribution in [0.4, 0.5) is 11.4 Å². The highest BCUT2D eigenvalue weighted by Gasteiger charge is 2.44. The average molecular weight is 660 g/mol. The Kier molecular flexibility index (Phi) is 11.9. The predicted octanol–water partition coefficient (Wildman–Crippen LogP) is 4.47. The first-order chi connectivity index (χ1) is 23.0. The monoisotopic (exact) mass is 659 g/mol. The molecule has 3 aromatic rings. The minimum absolute atomic E-state index is 0.0143. The van der Waals surface area contributed by atoms with E-state index in [-0.39, 0.29) is 29.0 Å². The summed E-state index contributed by atoms with van der Waals surface area (Å²) in [6, 6.07) is 15.7. The lowest BCUT2D eigenvalue weighted by Gasteiger charge is -2.25. The molecule has 3 aromatic carbocycles. The molecule has 1 atom stereocenters. The lowest BCUT2D eigenvalue weighted by Crippen LogP contribution is -2.46. The van der Waals surface area contributed by atoms with E-state index in [1.54, 1.807) is 62.4 Å². The van der Waals surface area contributed by atoms with Crippen LogP contribution in [0.15, 0.2) is 66.7 Å². The van der Waals surface area contributed by atoms with Crippen molar-refractivity contribution in [3.05, 3.63) is 83.4 Å². The summed E-state index contributed by atoms with van der Waals surface area (Å²) in [5.41, 5.74) is 0.743. The van der Waals surface area contributed by atoms with Crippen molar-refractivity contribution in [3.63, 3.8) is 0 Å². The Morgan fingerprint density at radius 3 is 1.69 bits per heavy atom. The number of anilines is 2. The summed E-state index contributed by atoms with van der Waals surface area (Å²) >= 11 is 0. The molecular weight excluding hydrogens is 622 g/mol. The number of carbonyl (C=O) groups is 6. The van der Waals surface area contributed by atoms with E-state index in [0.29, 0.717) is 36.1 Å². The van der Waals surface area contributed by atoms with Crippen molar-refractivity contribution in [2.24, 2.45) is 5.92 Å². The zero-order valence-electron chi connectivity index (χ0n) is 27.1. The molecule has 0 saturated carbocycles. The highest BCUT2D eigenvalue weighted by atomic mass is 16.5. The van der Waals surface area contributed by atoms with Crippen molar-refractivity contribution in [1.82, 2.24) is 4.90 Å². The molecule has 0 unspecified atom stereocenters. The average Bonchev–Trinajstić information content (AvgIpc) is 3.31. The van der Waals surface area contributed by atoms with Gasteiger partial charge in [0.2, 0.25) is 0 Å². The maximum atomic E-state index is 13.5. The summed E-state index contributed by atoms with van der Waals surface area (Å²) in [5, 5.41) is 5.21. The number of imide groups is 1. The van der Waals surface area contributed by atoms with Crippen molar-refractivity contribution in [1.29, 1.82) is 0 Å². The predicted molar refractivity (Wildman–Crippen MR) is 174 cm³/mol. The van der Waals surface area contributed by atoms with E-state index in [2.05, 4.69) is 10.6 Å². The third-order valence-corrected chi connectivity index (χ3v) is 7.01. The molecule has 0 aromatic heterocycles. The zero-order valence-corrected chi connectivity index (χ0v) is 27.1. The number of fused-ring (bicyclic) bond motifs is 1. The van der Waals surface area contributed by atoms with Crippen LogP contribution >= 0.6 is 0 Å². The summed E-state index contributed by atoms with van der Waals surface area (Å²) in [6.07, 6.45) is 0.0726. The molecule has 13 heteroatoms. The molecule has 4 rings (SSSR count). The molecule has 252 valence electrons. The molecule has 0 saturated heterocycles. The van der Waals surface area contributed by atoms with Crippen molar-refractivity contribution < 1.29 is 47.7 Å². The second-order valence-corrected chi connectivity index (χ2v) is 11.1. The van der Waals surface area contributed by atoms with Gasteiger partial charge in [-0.2, -0.15) is 0 Å². The third kappa shape index (κ3) is 8.96. The van der Waals surface area contributed by atoms with Crippen molar-refractivity contribution in [2.75, 3.05) is 37.1 Å². The normalized spacial score (nSPS) is 12.6. The van der Waals surface area contributed by atoms with Gasteiger partial charge < -0.3 is 29.6 Å². The number of rotatable bonds is 15. The molecule has 48 heavy (non-hydrogen) atoms. The van der Waals surface area contributed by atoms with E-state index < -0.39 is 54.8 Å². The SMILES string of the molecule is CCOc1ccc(NC(=O)COC(=O)c2ccc3c(c2)C(=O)N([C@@H](CC(C)C)C(=O)OCC(=O)Nc2ccc(OCC)cc2)C3=O)cc1. The summed E-state index contributed by atoms with van der Waals surface area (Å²) in [7, 11) is 0. The Hall–Kier alpha value is -5.72. The minimum Gasteiger partial charge on any atom is -0.494 e. The molecule has 4 amide bonds. The van der Waals surface area contributed by atoms with Gasteiger partial charge in [0.15, 0.2) is 13.2 Å². The molecule has 1 aliphatic heterocycles. The number of amides is 4. The van der Waals surface area contributed by atoms with Gasteiger partial charge in [0.25, 0.3) is 23.6 Å². The molecule has 0 bridgehead atoms. The van der Waals surface area contributed by atoms with Gasteiger partial charge in [0.1, 0.15) is 17.5 Å². The number of benzene rings is 3. The van der Waals surface area contributed by atoms with E-state index in [1.165, 1.54) is 18.2 Å². The molecule has 1 heterocycles. The molecule has 13 nitrogen and oxygen atoms in total. The van der Waals surface area contributed by atoms with Crippen LogP contribution in [0.3, 0.4) is 0 Å². The van der Waals surface area contributed by atoms with Crippen LogP contribution in [0, 0.1) is 5.92 Å². The van der Waals surface area contributed by atoms with E-state index in [4.69, 9.17) is 18.9 Å². The van der Waals surface area contributed by atoms with E-state index >= 15 is 0 Å². The Bertz CT molecular complexity index is 1670. The Morgan fingerprint density at radius 1 is 0.688 bits per heavy atom. The lowest BCUT2D eigenvalue weighted by atomic mass is 10.0. The fraction of sp³-hybridized carbons (Fsp3) is 0.314. The maximum absolute atomic E-state index is 13.5. The first-order valence-electron chi connectivity index (χ1n) is 15.4. The molecule has 2 N–H and O–H groups in total. The van der Waals surface area contributed by atoms with Crippen molar-refractivity contribution in [3.8, 4) is 11.5 Å². The number of nitrogens with one attached hydrogen (secondary N) is 2. The number of carbonyl (C=O) groups excluding carboxylic acids is 6. The summed E-state index contributed by atoms with van der Waals surface area (Å²) in [6.45, 7) is 7.05. The molecule has 0 fully saturated rings. The first kappa shape index (κ1) is 35.1. The molecule has 1 aliphatic rings. The fourth-order valence-corrected chi connectivity index (χ4v) is 4.87. The van der Waals surface area contributed by atoms with Crippen LogP contribution in [-0.2, 0) is 23.9 Å². The van der Waals surface area contributed by atoms with E-state index in [1.807, 2.05) is 13.8 Å². The summed E-state index contributed by atoms with van der Waals surface area (Å²) < 4.78 is 21.1. The van der Waals surface area contributed by atoms with E-state index in [9.17, 15) is 28.8 Å². The highest BCUT2D eigenvalue weighted by Crippen LogP contribution is 2.29. The van der Waals surface area contributed by atoms with Gasteiger partial charge in [-0.05, 0) is 92.9 Å². The van der Waals surface area contributed by atoms with Gasteiger partial charge in [-0.3, -0.25) is 24.1 Å². The third-order valence-electron chi connectivity index (χ3n) is 7.01. The van der Waals surface area contributed by atoms with Gasteiger partial charge in [-0.25, -0.2) is 9.59 Å². The Labute approximate surface area is 277 Å². The Balaban J connectivity index is 1.37. The maximum Gasteiger partial charge on any atom is 0.338 e. The van der Waals surface area contributed by atoms with Gasteiger partial charge in [0.05, 0.1) is 29.9 Å². The van der Waals surface area contributed by atoms with Crippen LogP contribution in [0.25, 0.3) is 0 Å². The summed E-state index contributed by atoms with van der Waals surface area (Å²) in [4.78, 5) is 78.4. The topological polar surface area (TPSA) is 167 Å². The van der Waals surface area contributed by atoms with Crippen LogP contribution in [0.2, 0.25) is 0 Å². The number of esters is 2. The van der Waals surface area contributed by atoms with Gasteiger partial charge >= 0.3 is 11.9 Å². The largest absolute Gasteiger partial charge is 0.494 e. The fourth-order valence-electron chi connectivity index (χ4n) is 4.87. The summed E-state index contributed by atoms with van der Waals surface area (Å²) in [5.74, 6) is -3.45. The minimum atomic E-state index is -1.32. The number of hydrogen-bond donors (Lipinski definition) is 2. The van der Waals surface area contributed by atoms with Gasteiger partial charge in [-0.1, -0.05) is 13.8 Å². The van der Waals surface area contributed by atoms with Crippen LogP contribution in [0.5, 0.6) is 11.5 Å². The second kappa shape index (κ2) is 16.2. The van der Waals surface area contributed by atoms with Crippen LogP contribution in [-0.4, -0.2) is 72.9 Å². The molecular formula is C35H37N3O10. The second-order valence-electron chi connectivity index (χ2n) is 11.1. The zero-order chi connectivity index (χ0) is 34.8. The quantitative estimate of drug-likeness (QED) is 0.176. The van der Waals surface area contributed by atoms with Gasteiger partial charge in [-0.15, -0.1) is 0 Å². The molecule has 0 spiro atoms. The highest BCUT2D eigenvalue weighted by molar-refractivity contribution is 6.23. The number of ether oxygens (including phenoxy) is 4. The number of nitrogens with zero attached hydrogens (tertiary/aromatic N) is 1. The molecule has 0 radical (unpaired) electrons. The number of hydrogen-bond acceptors (Lipinski definition) is 10. The Morgan fingerprint density at radius 2 is 1.19 bits per heavy atom. The lowest BCUT2D eigenvalue weighted by molar-refractivity contribution is -0.151. The standard InChI is InChI=1S/C35H37N3O10/c1-5-45-25-12-8-23(9-13-25)36-30(39)19-47-34(43)22-7-16-27-28(18-22)33(42)38(32(27)41)29(17-21(3)4)35(44)48-20-31(40)37-24-10-14-26(15-11-24)46-6-2/h7-16,18,21,29H,5-6,17,19-20H2,1-4H3,(H,36,39)(H,37,40)/t29-/m0/s1. The molecule has 0 aliphatic carbocycles. The van der Waals surface area contributed by atoms with Crippen molar-refractivity contribution in [2.45, 2.75) is 40.2 Å². The first-order valence-corrected chi connectivity index (χ1v) is 15.4. The smallest absolute Gasteiger partial charge is 0.338 e. The van der Waals surface area contributed by atoms with Crippen LogP contribution < -0.4 is 20.1 Å².